The monoisotopic (exact) mass is 463 g/mol. The summed E-state index contributed by atoms with van der Waals surface area (Å²) in [6, 6.07) is 8.53. The summed E-state index contributed by atoms with van der Waals surface area (Å²) in [6.45, 7) is 11.4. The molecule has 0 fully saturated rings. The Hall–Kier alpha value is -0.841. The molecular formula is C22H37N3Sn. The molecule has 0 aliphatic carbocycles. The van der Waals surface area contributed by atoms with Gasteiger partial charge in [-0.2, -0.15) is 0 Å². The predicted octanol–water partition coefficient (Wildman–Crippen LogP) is 5.94. The molecule has 0 spiro atoms. The molecule has 0 N–H and O–H groups in total. The van der Waals surface area contributed by atoms with Gasteiger partial charge in [0.05, 0.1) is 0 Å². The summed E-state index contributed by atoms with van der Waals surface area (Å²) < 4.78 is 7.90. The van der Waals surface area contributed by atoms with Crippen LogP contribution in [0.3, 0.4) is 0 Å². The van der Waals surface area contributed by atoms with Crippen molar-refractivity contribution in [3.8, 4) is 5.69 Å². The Morgan fingerprint density at radius 3 is 1.88 bits per heavy atom. The van der Waals surface area contributed by atoms with Crippen molar-refractivity contribution in [3.05, 3.63) is 35.5 Å². The topological polar surface area (TPSA) is 30.7 Å². The molecule has 0 radical (unpaired) electrons. The number of benzene rings is 1. The van der Waals surface area contributed by atoms with E-state index in [4.69, 9.17) is 5.10 Å². The van der Waals surface area contributed by atoms with Gasteiger partial charge in [0.25, 0.3) is 0 Å². The SMILES string of the molecule is CCC[CH2][Sn]([CH2]CCC)([CH2]CCC)[c]1nnn(-c2ccccc2C)c1C. The van der Waals surface area contributed by atoms with E-state index >= 15 is 0 Å². The summed E-state index contributed by atoms with van der Waals surface area (Å²) in [6.07, 6.45) is 7.96. The van der Waals surface area contributed by atoms with Crippen LogP contribution in [0.4, 0.5) is 0 Å². The summed E-state index contributed by atoms with van der Waals surface area (Å²) >= 11 is -2.52. The second-order valence-electron chi connectivity index (χ2n) is 7.81. The molecule has 0 aliphatic heterocycles. The van der Waals surface area contributed by atoms with Crippen molar-refractivity contribution < 1.29 is 0 Å². The van der Waals surface area contributed by atoms with Gasteiger partial charge in [0.15, 0.2) is 0 Å². The molecule has 0 saturated heterocycles. The Morgan fingerprint density at radius 2 is 1.38 bits per heavy atom. The Balaban J connectivity index is 2.48. The van der Waals surface area contributed by atoms with Crippen LogP contribution in [0.5, 0.6) is 0 Å². The van der Waals surface area contributed by atoms with E-state index in [1.165, 1.54) is 72.5 Å². The molecular weight excluding hydrogens is 425 g/mol. The summed E-state index contributed by atoms with van der Waals surface area (Å²) in [5, 5.41) is 9.53. The van der Waals surface area contributed by atoms with E-state index in [0.29, 0.717) is 0 Å². The van der Waals surface area contributed by atoms with Crippen LogP contribution >= 0.6 is 0 Å². The van der Waals surface area contributed by atoms with Gasteiger partial charge in [-0.1, -0.05) is 0 Å². The number of unbranched alkanes of at least 4 members (excludes halogenated alkanes) is 3. The molecule has 3 nitrogen and oxygen atoms in total. The van der Waals surface area contributed by atoms with Gasteiger partial charge in [-0.25, -0.2) is 0 Å². The molecule has 0 unspecified atom stereocenters. The van der Waals surface area contributed by atoms with Crippen LogP contribution < -0.4 is 3.71 Å². The molecule has 26 heavy (non-hydrogen) atoms. The fourth-order valence-corrected chi connectivity index (χ4v) is 20.3. The maximum absolute atomic E-state index is 4.87. The van der Waals surface area contributed by atoms with Crippen LogP contribution in [0.1, 0.15) is 70.6 Å². The van der Waals surface area contributed by atoms with Crippen LogP contribution in [0.15, 0.2) is 24.3 Å². The number of hydrogen-bond donors (Lipinski definition) is 0. The molecule has 0 atom stereocenters. The summed E-state index contributed by atoms with van der Waals surface area (Å²) in [4.78, 5) is 0. The molecule has 0 aliphatic rings. The zero-order chi connectivity index (χ0) is 19.0. The van der Waals surface area contributed by atoms with Gasteiger partial charge in [-0.3, -0.25) is 0 Å². The molecule has 2 rings (SSSR count). The maximum atomic E-state index is 4.87. The van der Waals surface area contributed by atoms with Gasteiger partial charge >= 0.3 is 165 Å². The van der Waals surface area contributed by atoms with Crippen LogP contribution in [-0.4, -0.2) is 33.4 Å². The van der Waals surface area contributed by atoms with Crippen molar-refractivity contribution in [1.29, 1.82) is 0 Å². The zero-order valence-electron chi connectivity index (χ0n) is 17.5. The molecule has 1 heterocycles. The Kier molecular flexibility index (Phi) is 8.65. The van der Waals surface area contributed by atoms with Crippen molar-refractivity contribution in [1.82, 2.24) is 15.0 Å². The Morgan fingerprint density at radius 1 is 0.846 bits per heavy atom. The van der Waals surface area contributed by atoms with Crippen molar-refractivity contribution in [2.75, 3.05) is 0 Å². The van der Waals surface area contributed by atoms with Crippen LogP contribution in [0.2, 0.25) is 13.3 Å². The number of nitrogens with zero attached hydrogens (tertiary/aromatic N) is 3. The van der Waals surface area contributed by atoms with Gasteiger partial charge in [-0.05, 0) is 0 Å². The standard InChI is InChI=1S/C10H10N3.3C4H9.Sn/c1-8-5-3-4-6-10(8)13-9(2)7-11-12-13;3*1-3-4-2;/h3-6H,1-2H3;3*1,3-4H2,2H3;. The van der Waals surface area contributed by atoms with Crippen molar-refractivity contribution >= 4 is 22.1 Å². The molecule has 0 bridgehead atoms. The summed E-state index contributed by atoms with van der Waals surface area (Å²) in [5.74, 6) is 0. The molecule has 2 aromatic rings. The first-order valence-electron chi connectivity index (χ1n) is 10.6. The van der Waals surface area contributed by atoms with E-state index in [2.05, 4.69) is 68.8 Å². The molecule has 1 aromatic heterocycles. The average Bonchev–Trinajstić information content (AvgIpc) is 3.04. The van der Waals surface area contributed by atoms with E-state index in [0.717, 1.165) is 0 Å². The predicted molar refractivity (Wildman–Crippen MR) is 115 cm³/mol. The van der Waals surface area contributed by atoms with Crippen molar-refractivity contribution in [2.24, 2.45) is 0 Å². The summed E-state index contributed by atoms with van der Waals surface area (Å²) in [7, 11) is 0. The van der Waals surface area contributed by atoms with E-state index in [-0.39, 0.29) is 0 Å². The zero-order valence-corrected chi connectivity index (χ0v) is 20.4. The number of hydrogen-bond acceptors (Lipinski definition) is 2. The van der Waals surface area contributed by atoms with E-state index < -0.39 is 18.4 Å². The third-order valence-electron chi connectivity index (χ3n) is 5.77. The van der Waals surface area contributed by atoms with Crippen molar-refractivity contribution in [2.45, 2.75) is 86.5 Å². The first-order chi connectivity index (χ1) is 12.6. The number of aryl methyl sites for hydroxylation is 1. The second kappa shape index (κ2) is 10.5. The Labute approximate surface area is 164 Å². The molecule has 1 aromatic carbocycles. The van der Waals surface area contributed by atoms with Crippen LogP contribution in [-0.2, 0) is 0 Å². The van der Waals surface area contributed by atoms with E-state index in [1.807, 2.05) is 0 Å². The first kappa shape index (κ1) is 21.5. The normalized spacial score (nSPS) is 11.9. The fraction of sp³-hybridized carbons (Fsp3) is 0.636. The van der Waals surface area contributed by atoms with Gasteiger partial charge < -0.3 is 0 Å². The molecule has 144 valence electrons. The first-order valence-corrected chi connectivity index (χ1v) is 18.1. The van der Waals surface area contributed by atoms with E-state index in [9.17, 15) is 0 Å². The van der Waals surface area contributed by atoms with Crippen molar-refractivity contribution in [3.63, 3.8) is 0 Å². The van der Waals surface area contributed by atoms with Crippen LogP contribution in [0.25, 0.3) is 5.69 Å². The van der Waals surface area contributed by atoms with Crippen LogP contribution in [0, 0.1) is 13.8 Å². The minimum absolute atomic E-state index is 1.19. The molecule has 0 saturated carbocycles. The third-order valence-corrected chi connectivity index (χ3v) is 21.2. The average molecular weight is 462 g/mol. The molecule has 4 heteroatoms. The quantitative estimate of drug-likeness (QED) is 0.387. The second-order valence-corrected chi connectivity index (χ2v) is 20.8. The number of rotatable bonds is 11. The fourth-order valence-electron chi connectivity index (χ4n) is 4.12. The third kappa shape index (κ3) is 4.90. The molecule has 0 amide bonds. The van der Waals surface area contributed by atoms with Gasteiger partial charge in [0, 0.05) is 0 Å². The van der Waals surface area contributed by atoms with Gasteiger partial charge in [0.2, 0.25) is 0 Å². The minimum atomic E-state index is -2.52. The summed E-state index contributed by atoms with van der Waals surface area (Å²) in [5.41, 5.74) is 3.77. The van der Waals surface area contributed by atoms with Gasteiger partial charge in [0.1, 0.15) is 0 Å². The number of para-hydroxylation sites is 1. The van der Waals surface area contributed by atoms with E-state index in [1.54, 1.807) is 0 Å². The number of aromatic nitrogens is 3. The Bertz CT molecular complexity index is 656. The van der Waals surface area contributed by atoms with Gasteiger partial charge in [-0.15, -0.1) is 0 Å².